The summed E-state index contributed by atoms with van der Waals surface area (Å²) in [4.78, 5) is 37.7. The molecule has 4 aromatic rings. The van der Waals surface area contributed by atoms with E-state index in [9.17, 15) is 22.8 Å². The molecule has 6 rings (SSSR count). The third kappa shape index (κ3) is 7.37. The summed E-state index contributed by atoms with van der Waals surface area (Å²) in [5.41, 5.74) is 1.04. The van der Waals surface area contributed by atoms with Gasteiger partial charge in [-0.1, -0.05) is 70.7 Å². The summed E-state index contributed by atoms with van der Waals surface area (Å²) in [6, 6.07) is 16.8. The van der Waals surface area contributed by atoms with Gasteiger partial charge in [-0.15, -0.1) is 11.3 Å². The van der Waals surface area contributed by atoms with Gasteiger partial charge in [0, 0.05) is 36.2 Å². The lowest BCUT2D eigenvalue weighted by Gasteiger charge is -2.39. The summed E-state index contributed by atoms with van der Waals surface area (Å²) in [6.45, 7) is 2.51. The first kappa shape index (κ1) is 35.3. The molecular formula is C34H27Cl4F3N4O3S. The Bertz CT molecular complexity index is 1900. The molecule has 0 spiro atoms. The zero-order valence-corrected chi connectivity index (χ0v) is 29.5. The Hall–Kier alpha value is -3.48. The van der Waals surface area contributed by atoms with Crippen LogP contribution in [0, 0.1) is 0 Å². The molecule has 0 saturated carbocycles. The molecule has 256 valence electrons. The topological polar surface area (TPSA) is 65.5 Å². The van der Waals surface area contributed by atoms with Crippen molar-refractivity contribution in [1.29, 1.82) is 0 Å². The third-order valence-corrected chi connectivity index (χ3v) is 10.3. The molecule has 2 atom stereocenters. The van der Waals surface area contributed by atoms with Gasteiger partial charge in [-0.2, -0.15) is 13.2 Å². The van der Waals surface area contributed by atoms with Crippen molar-refractivity contribution in [3.63, 3.8) is 0 Å². The largest absolute Gasteiger partial charge is 0.493 e. The predicted octanol–water partition coefficient (Wildman–Crippen LogP) is 9.90. The first-order valence-electron chi connectivity index (χ1n) is 15.1. The van der Waals surface area contributed by atoms with Gasteiger partial charge in [0.2, 0.25) is 0 Å². The van der Waals surface area contributed by atoms with Crippen LogP contribution >= 0.6 is 57.7 Å². The maximum absolute atomic E-state index is 14.7. The van der Waals surface area contributed by atoms with Crippen LogP contribution in [0.3, 0.4) is 0 Å². The van der Waals surface area contributed by atoms with Crippen molar-refractivity contribution >= 4 is 75.5 Å². The van der Waals surface area contributed by atoms with Crippen molar-refractivity contribution in [2.75, 3.05) is 32.8 Å². The first-order valence-corrected chi connectivity index (χ1v) is 17.4. The van der Waals surface area contributed by atoms with Crippen LogP contribution in [0.2, 0.25) is 18.7 Å². The second-order valence-electron chi connectivity index (χ2n) is 11.3. The molecule has 0 bridgehead atoms. The zero-order chi connectivity index (χ0) is 35.0. The van der Waals surface area contributed by atoms with E-state index in [1.54, 1.807) is 65.3 Å². The van der Waals surface area contributed by atoms with Gasteiger partial charge in [0.05, 0.1) is 33.7 Å². The Morgan fingerprint density at radius 1 is 0.857 bits per heavy atom. The smallest absolute Gasteiger partial charge is 0.416 e. The second-order valence-corrected chi connectivity index (χ2v) is 14.4. The zero-order valence-electron chi connectivity index (χ0n) is 25.7. The fourth-order valence-corrected chi connectivity index (χ4v) is 7.62. The number of ether oxygens (including phenoxy) is 1. The number of piperazine rings is 1. The first-order chi connectivity index (χ1) is 23.3. The van der Waals surface area contributed by atoms with Crippen LogP contribution in [0.4, 0.5) is 18.0 Å². The molecule has 49 heavy (non-hydrogen) atoms. The van der Waals surface area contributed by atoms with E-state index in [0.717, 1.165) is 29.0 Å². The molecule has 1 fully saturated rings. The minimum atomic E-state index is -4.62. The highest BCUT2D eigenvalue weighted by Gasteiger charge is 2.45. The van der Waals surface area contributed by atoms with Crippen LogP contribution in [-0.4, -0.2) is 65.3 Å². The van der Waals surface area contributed by atoms with E-state index in [1.165, 1.54) is 17.0 Å². The van der Waals surface area contributed by atoms with Crippen molar-refractivity contribution in [3.8, 4) is 5.75 Å². The van der Waals surface area contributed by atoms with Gasteiger partial charge >= 0.3 is 12.2 Å². The van der Waals surface area contributed by atoms with E-state index < -0.39 is 29.9 Å². The molecule has 1 aromatic heterocycles. The van der Waals surface area contributed by atoms with E-state index in [-0.39, 0.29) is 60.2 Å². The van der Waals surface area contributed by atoms with E-state index in [4.69, 9.17) is 56.1 Å². The van der Waals surface area contributed by atoms with Crippen molar-refractivity contribution < 1.29 is 27.5 Å². The van der Waals surface area contributed by atoms with Crippen LogP contribution in [0.15, 0.2) is 77.8 Å². The molecule has 15 heteroatoms. The van der Waals surface area contributed by atoms with Crippen LogP contribution in [0.5, 0.6) is 5.75 Å². The molecule has 2 aliphatic rings. The molecule has 0 aliphatic carbocycles. The molecule has 2 aliphatic heterocycles. The summed E-state index contributed by atoms with van der Waals surface area (Å²) in [6.07, 6.45) is -4.62. The number of hydrogen-bond donors (Lipinski definition) is 0. The number of carbonyl (C=O) groups excluding carboxylic acids is 2. The Morgan fingerprint density at radius 3 is 2.00 bits per heavy atom. The number of benzene rings is 3. The summed E-state index contributed by atoms with van der Waals surface area (Å²) in [5.74, 6) is -0.223. The van der Waals surface area contributed by atoms with Crippen LogP contribution < -0.4 is 4.74 Å². The average molecular weight is 770 g/mol. The van der Waals surface area contributed by atoms with Crippen LogP contribution in [0.1, 0.15) is 51.6 Å². The number of rotatable bonds is 6. The quantitative estimate of drug-likeness (QED) is 0.196. The lowest BCUT2D eigenvalue weighted by molar-refractivity contribution is -0.137. The number of nitrogens with zero attached hydrogens (tertiary/aromatic N) is 4. The highest BCUT2D eigenvalue weighted by molar-refractivity contribution is 7.20. The van der Waals surface area contributed by atoms with Gasteiger partial charge in [-0.25, -0.2) is 4.79 Å². The molecule has 3 aromatic carbocycles. The van der Waals surface area contributed by atoms with Gasteiger partial charge in [0.1, 0.15) is 22.0 Å². The van der Waals surface area contributed by atoms with Gasteiger partial charge in [-0.05, 0) is 66.6 Å². The fraction of sp³-hybridized carbons (Fsp3) is 0.265. The van der Waals surface area contributed by atoms with Crippen molar-refractivity contribution in [2.24, 2.45) is 4.99 Å². The maximum atomic E-state index is 14.7. The van der Waals surface area contributed by atoms with Crippen molar-refractivity contribution in [3.05, 3.63) is 119 Å². The lowest BCUT2D eigenvalue weighted by atomic mass is 9.93. The Kier molecular flexibility index (Phi) is 10.4. The van der Waals surface area contributed by atoms with E-state index in [2.05, 4.69) is 0 Å². The van der Waals surface area contributed by atoms with Crippen molar-refractivity contribution in [2.45, 2.75) is 25.2 Å². The number of alkyl halides is 3. The highest BCUT2D eigenvalue weighted by atomic mass is 35.5. The normalized spacial score (nSPS) is 18.1. The van der Waals surface area contributed by atoms with Crippen LogP contribution in [0.25, 0.3) is 0 Å². The number of hydrogen-bond acceptors (Lipinski definition) is 5. The number of carbonyl (C=O) groups is 2. The summed E-state index contributed by atoms with van der Waals surface area (Å²) >= 11 is 25.9. The Labute approximate surface area is 304 Å². The summed E-state index contributed by atoms with van der Waals surface area (Å²) in [5, 5.41) is 0.986. The predicted molar refractivity (Wildman–Crippen MR) is 187 cm³/mol. The maximum Gasteiger partial charge on any atom is 0.416 e. The molecular weight excluding hydrogens is 743 g/mol. The van der Waals surface area contributed by atoms with Crippen molar-refractivity contribution in [1.82, 2.24) is 14.7 Å². The number of urea groups is 1. The number of amides is 3. The number of thiophene rings is 1. The number of halogens is 7. The highest BCUT2D eigenvalue weighted by Crippen LogP contribution is 2.46. The second kappa shape index (κ2) is 14.4. The Balaban J connectivity index is 1.42. The molecule has 0 N–H and O–H groups in total. The van der Waals surface area contributed by atoms with Gasteiger partial charge in [-0.3, -0.25) is 14.7 Å². The third-order valence-electron chi connectivity index (χ3n) is 8.27. The summed E-state index contributed by atoms with van der Waals surface area (Å²) in [7, 11) is 0. The monoisotopic (exact) mass is 768 g/mol. The minimum absolute atomic E-state index is 0.0674. The standard InChI is InChI=1S/C34H27Cl4F3N4O3S/c1-2-48-26-17-21(34(39,40)41)7-12-24(26)31-42-28(19-3-8-22(35)9-4-19)29(20-5-10-23(36)11-6-20)45(31)33(47)44-15-13-43(14-16-44)32(46)25-18-27(37)49-30(25)38/h3-12,17-18,28-29H,2,13-16H2,1H3. The molecule has 3 amide bonds. The SMILES string of the molecule is CCOc1cc(C(F)(F)F)ccc1C1=NC(c2ccc(Cl)cc2)C(c2ccc(Cl)cc2)N1C(=O)N1CCN(C(=O)c2cc(Cl)sc2Cl)CC1. The van der Waals surface area contributed by atoms with Crippen LogP contribution in [-0.2, 0) is 6.18 Å². The van der Waals surface area contributed by atoms with Gasteiger partial charge in [0.25, 0.3) is 5.91 Å². The molecule has 0 radical (unpaired) electrons. The van der Waals surface area contributed by atoms with E-state index in [0.29, 0.717) is 25.5 Å². The molecule has 7 nitrogen and oxygen atoms in total. The van der Waals surface area contributed by atoms with E-state index in [1.807, 2.05) is 0 Å². The Morgan fingerprint density at radius 2 is 1.45 bits per heavy atom. The molecule has 2 unspecified atom stereocenters. The fourth-order valence-electron chi connectivity index (χ4n) is 5.92. The minimum Gasteiger partial charge on any atom is -0.493 e. The molecule has 3 heterocycles. The van der Waals surface area contributed by atoms with E-state index >= 15 is 0 Å². The van der Waals surface area contributed by atoms with Gasteiger partial charge in [0.15, 0.2) is 0 Å². The summed E-state index contributed by atoms with van der Waals surface area (Å²) < 4.78 is 47.8. The number of amidine groups is 1. The molecule has 1 saturated heterocycles. The van der Waals surface area contributed by atoms with Gasteiger partial charge < -0.3 is 14.5 Å². The number of aliphatic imine (C=N–C) groups is 1. The average Bonchev–Trinajstić information content (AvgIpc) is 3.64. The lowest BCUT2D eigenvalue weighted by Crippen LogP contribution is -2.55.